The molecule has 2 rings (SSSR count). The molecule has 0 spiro atoms. The number of benzene rings is 1. The average Bonchev–Trinajstić information content (AvgIpc) is 2.42. The van der Waals surface area contributed by atoms with Crippen molar-refractivity contribution in [2.75, 3.05) is 0 Å². The van der Waals surface area contributed by atoms with E-state index >= 15 is 0 Å². The van der Waals surface area contributed by atoms with Crippen LogP contribution in [0.25, 0.3) is 0 Å². The van der Waals surface area contributed by atoms with Crippen LogP contribution in [0.3, 0.4) is 0 Å². The molecule has 1 atom stereocenters. The van der Waals surface area contributed by atoms with Crippen molar-refractivity contribution in [3.63, 3.8) is 0 Å². The van der Waals surface area contributed by atoms with Crippen molar-refractivity contribution < 1.29 is 23.7 Å². The highest BCUT2D eigenvalue weighted by Gasteiger charge is 2.28. The molecule has 1 aromatic rings. The highest BCUT2D eigenvalue weighted by Crippen LogP contribution is 2.18. The molecule has 0 aromatic heterocycles. The van der Waals surface area contributed by atoms with Gasteiger partial charge in [-0.25, -0.2) is 0 Å². The highest BCUT2D eigenvalue weighted by molar-refractivity contribution is 6.03. The predicted octanol–water partition coefficient (Wildman–Crippen LogP) is 0.269. The van der Waals surface area contributed by atoms with E-state index in [0.717, 1.165) is 18.2 Å². The summed E-state index contributed by atoms with van der Waals surface area (Å²) in [5, 5.41) is 15.0. The Balaban J connectivity index is 2.14. The third-order valence-electron chi connectivity index (χ3n) is 2.95. The number of carbonyl (C=O) groups excluding carboxylic acids is 3. The van der Waals surface area contributed by atoms with E-state index < -0.39 is 40.2 Å². The van der Waals surface area contributed by atoms with E-state index in [2.05, 4.69) is 10.6 Å². The van der Waals surface area contributed by atoms with Crippen molar-refractivity contribution in [1.29, 1.82) is 0 Å². The molecular weight excluding hydrogens is 285 g/mol. The first-order valence-electron chi connectivity index (χ1n) is 5.97. The van der Waals surface area contributed by atoms with Crippen LogP contribution in [-0.2, 0) is 9.59 Å². The fraction of sp³-hybridized carbons (Fsp3) is 0.250. The molecule has 1 unspecified atom stereocenters. The Morgan fingerprint density at radius 2 is 2.14 bits per heavy atom. The summed E-state index contributed by atoms with van der Waals surface area (Å²) < 4.78 is 13.2. The van der Waals surface area contributed by atoms with Crippen LogP contribution in [0.2, 0.25) is 0 Å². The lowest BCUT2D eigenvalue weighted by atomic mass is 10.1. The minimum absolute atomic E-state index is 0.0836. The predicted molar refractivity (Wildman–Crippen MR) is 66.7 cm³/mol. The second-order valence-corrected chi connectivity index (χ2v) is 4.40. The molecule has 1 aliphatic rings. The van der Waals surface area contributed by atoms with Gasteiger partial charge in [0.05, 0.1) is 4.92 Å². The molecule has 1 saturated heterocycles. The highest BCUT2D eigenvalue weighted by atomic mass is 19.1. The topological polar surface area (TPSA) is 118 Å². The maximum Gasteiger partial charge on any atom is 0.305 e. The molecule has 21 heavy (non-hydrogen) atoms. The van der Waals surface area contributed by atoms with Crippen molar-refractivity contribution in [3.05, 3.63) is 39.7 Å². The molecule has 0 bridgehead atoms. The van der Waals surface area contributed by atoms with Crippen molar-refractivity contribution in [3.8, 4) is 0 Å². The lowest BCUT2D eigenvalue weighted by molar-refractivity contribution is -0.387. The van der Waals surface area contributed by atoms with Crippen LogP contribution in [0.1, 0.15) is 23.2 Å². The number of nitrogens with one attached hydrogen (secondary N) is 2. The summed E-state index contributed by atoms with van der Waals surface area (Å²) in [5.41, 5.74) is -0.973. The molecule has 110 valence electrons. The van der Waals surface area contributed by atoms with Crippen LogP contribution < -0.4 is 10.6 Å². The SMILES string of the molecule is O=C1CCC(NC(=O)c2ccc(F)c([N+](=O)[O-])c2)C(=O)N1. The van der Waals surface area contributed by atoms with E-state index in [-0.39, 0.29) is 18.4 Å². The molecule has 8 nitrogen and oxygen atoms in total. The van der Waals surface area contributed by atoms with Crippen LogP contribution in [0.5, 0.6) is 0 Å². The molecule has 2 N–H and O–H groups in total. The molecule has 1 fully saturated rings. The summed E-state index contributed by atoms with van der Waals surface area (Å²) in [6, 6.07) is 1.76. The lowest BCUT2D eigenvalue weighted by Crippen LogP contribution is -2.52. The van der Waals surface area contributed by atoms with Gasteiger partial charge in [-0.05, 0) is 18.6 Å². The Kier molecular flexibility index (Phi) is 3.92. The fourth-order valence-electron chi connectivity index (χ4n) is 1.87. The minimum Gasteiger partial charge on any atom is -0.340 e. The van der Waals surface area contributed by atoms with Gasteiger partial charge in [0, 0.05) is 18.1 Å². The van der Waals surface area contributed by atoms with Crippen LogP contribution in [0.15, 0.2) is 18.2 Å². The molecule has 0 radical (unpaired) electrons. The molecule has 3 amide bonds. The maximum atomic E-state index is 13.2. The van der Waals surface area contributed by atoms with Gasteiger partial charge in [-0.1, -0.05) is 0 Å². The number of nitro groups is 1. The zero-order valence-electron chi connectivity index (χ0n) is 10.6. The molecule has 0 saturated carbocycles. The number of piperidine rings is 1. The van der Waals surface area contributed by atoms with Gasteiger partial charge in [0.2, 0.25) is 17.6 Å². The number of nitrogens with zero attached hydrogens (tertiary/aromatic N) is 1. The van der Waals surface area contributed by atoms with E-state index in [9.17, 15) is 28.9 Å². The van der Waals surface area contributed by atoms with Gasteiger partial charge < -0.3 is 5.32 Å². The molecular formula is C12H10FN3O5. The van der Waals surface area contributed by atoms with Crippen LogP contribution >= 0.6 is 0 Å². The minimum atomic E-state index is -1.06. The molecule has 1 aliphatic heterocycles. The number of hydrogen-bond donors (Lipinski definition) is 2. The second kappa shape index (κ2) is 5.65. The van der Waals surface area contributed by atoms with Crippen LogP contribution in [0.4, 0.5) is 10.1 Å². The molecule has 1 aromatic carbocycles. The summed E-state index contributed by atoms with van der Waals surface area (Å²) in [6.45, 7) is 0. The fourth-order valence-corrected chi connectivity index (χ4v) is 1.87. The van der Waals surface area contributed by atoms with Crippen molar-refractivity contribution >= 4 is 23.4 Å². The Morgan fingerprint density at radius 3 is 2.76 bits per heavy atom. The van der Waals surface area contributed by atoms with Gasteiger partial charge in [0.15, 0.2) is 0 Å². The Hall–Kier alpha value is -2.84. The third kappa shape index (κ3) is 3.19. The van der Waals surface area contributed by atoms with Gasteiger partial charge in [-0.15, -0.1) is 0 Å². The van der Waals surface area contributed by atoms with Crippen molar-refractivity contribution in [2.24, 2.45) is 0 Å². The Morgan fingerprint density at radius 1 is 1.43 bits per heavy atom. The number of imide groups is 1. The third-order valence-corrected chi connectivity index (χ3v) is 2.95. The number of carbonyl (C=O) groups is 3. The van der Waals surface area contributed by atoms with E-state index in [1.54, 1.807) is 0 Å². The lowest BCUT2D eigenvalue weighted by Gasteiger charge is -2.21. The number of rotatable bonds is 3. The standard InChI is InChI=1S/C12H10FN3O5/c13-7-2-1-6(5-9(7)16(20)21)11(18)14-8-3-4-10(17)15-12(8)19/h1-2,5,8H,3-4H2,(H,14,18)(H,15,17,19). The first-order valence-corrected chi connectivity index (χ1v) is 5.97. The van der Waals surface area contributed by atoms with Gasteiger partial charge in [0.1, 0.15) is 6.04 Å². The monoisotopic (exact) mass is 295 g/mol. The maximum absolute atomic E-state index is 13.2. The summed E-state index contributed by atoms with van der Waals surface area (Å²) in [7, 11) is 0. The van der Waals surface area contributed by atoms with E-state index in [4.69, 9.17) is 0 Å². The van der Waals surface area contributed by atoms with Gasteiger partial charge in [0.25, 0.3) is 5.91 Å². The van der Waals surface area contributed by atoms with E-state index in [0.29, 0.717) is 0 Å². The summed E-state index contributed by atoms with van der Waals surface area (Å²) >= 11 is 0. The number of halogens is 1. The van der Waals surface area contributed by atoms with Crippen LogP contribution in [-0.4, -0.2) is 28.7 Å². The molecule has 0 aliphatic carbocycles. The van der Waals surface area contributed by atoms with Gasteiger partial charge >= 0.3 is 5.69 Å². The zero-order valence-corrected chi connectivity index (χ0v) is 10.6. The van der Waals surface area contributed by atoms with E-state index in [1.807, 2.05) is 0 Å². The average molecular weight is 295 g/mol. The Labute approximate surface area is 117 Å². The number of hydrogen-bond acceptors (Lipinski definition) is 5. The van der Waals surface area contributed by atoms with Crippen molar-refractivity contribution in [1.82, 2.24) is 10.6 Å². The summed E-state index contributed by atoms with van der Waals surface area (Å²) in [6.07, 6.45) is 0.222. The normalized spacial score (nSPS) is 18.0. The second-order valence-electron chi connectivity index (χ2n) is 4.40. The number of amides is 3. The van der Waals surface area contributed by atoms with E-state index in [1.165, 1.54) is 0 Å². The first-order chi connectivity index (χ1) is 9.88. The van der Waals surface area contributed by atoms with Gasteiger partial charge in [-0.2, -0.15) is 4.39 Å². The quantitative estimate of drug-likeness (QED) is 0.471. The summed E-state index contributed by atoms with van der Waals surface area (Å²) in [5.74, 6) is -2.88. The first kappa shape index (κ1) is 14.6. The van der Waals surface area contributed by atoms with Crippen LogP contribution in [0, 0.1) is 15.9 Å². The van der Waals surface area contributed by atoms with Crippen molar-refractivity contribution in [2.45, 2.75) is 18.9 Å². The largest absolute Gasteiger partial charge is 0.340 e. The molecule has 1 heterocycles. The number of nitro benzene ring substituents is 1. The molecule has 9 heteroatoms. The van der Waals surface area contributed by atoms with Gasteiger partial charge in [-0.3, -0.25) is 29.8 Å². The zero-order chi connectivity index (χ0) is 15.6. The smallest absolute Gasteiger partial charge is 0.305 e. The summed E-state index contributed by atoms with van der Waals surface area (Å²) in [4.78, 5) is 44.0. The Bertz CT molecular complexity index is 646.